The van der Waals surface area contributed by atoms with Crippen LogP contribution in [0.5, 0.6) is 0 Å². The zero-order valence-corrected chi connectivity index (χ0v) is 42.1. The first kappa shape index (κ1) is 56.7. The first-order valence-electron chi connectivity index (χ1n) is 24.1. The van der Waals surface area contributed by atoms with Crippen molar-refractivity contribution in [1.82, 2.24) is 9.80 Å². The molecule has 4 aliphatic heterocycles. The third-order valence-corrected chi connectivity index (χ3v) is 13.3. The maximum atomic E-state index is 13.5. The number of likely N-dealkylation sites (N-methyl/N-ethyl adjacent to an activating group) is 2. The molecular formula is C49H82N2O16. The largest absolute Gasteiger partial charge is 0.462 e. The predicted molar refractivity (Wildman–Crippen MR) is 245 cm³/mol. The number of aliphatic hydroxyl groups excluding tert-OH is 1. The Kier molecular flexibility index (Phi) is 22.3. The Morgan fingerprint density at radius 2 is 1.60 bits per heavy atom. The van der Waals surface area contributed by atoms with E-state index in [0.29, 0.717) is 25.7 Å². The topological polar surface area (TPSA) is 208 Å². The Morgan fingerprint density at radius 1 is 0.896 bits per heavy atom. The highest BCUT2D eigenvalue weighted by molar-refractivity contribution is 5.72. The number of aldehydes is 1. The Balaban J connectivity index is 1.70. The summed E-state index contributed by atoms with van der Waals surface area (Å²) >= 11 is 0. The zero-order chi connectivity index (χ0) is 49.7. The van der Waals surface area contributed by atoms with Crippen LogP contribution in [-0.2, 0) is 66.5 Å². The SMILES string of the molecule is CCCC(=O)OC1C(C)OC(OC2C(C)OC(OC3C(CC=O)CC(C)C(OC4CCC(N(C)C)C(C)O4)C=CC=CCC(C)OC(=O)CC(OC(C)=O)C3OC)C(O)C2N(C)C)CC1(C)O. The van der Waals surface area contributed by atoms with Gasteiger partial charge in [-0.05, 0) is 100 Å². The number of methoxy groups -OCH3 is 1. The van der Waals surface area contributed by atoms with E-state index in [1.54, 1.807) is 46.7 Å². The van der Waals surface area contributed by atoms with Crippen molar-refractivity contribution in [3.05, 3.63) is 24.3 Å². The summed E-state index contributed by atoms with van der Waals surface area (Å²) in [5, 5.41) is 23.8. The fraction of sp³-hybridized carbons (Fsp3) is 0.837. The second kappa shape index (κ2) is 26.4. The van der Waals surface area contributed by atoms with Gasteiger partial charge in [0.05, 0.1) is 43.0 Å². The predicted octanol–water partition coefficient (Wildman–Crippen LogP) is 4.25. The van der Waals surface area contributed by atoms with Gasteiger partial charge < -0.3 is 72.2 Å². The van der Waals surface area contributed by atoms with Gasteiger partial charge in [0.1, 0.15) is 42.4 Å². The molecule has 0 spiro atoms. The Morgan fingerprint density at radius 3 is 2.19 bits per heavy atom. The molecular weight excluding hydrogens is 873 g/mol. The fourth-order valence-corrected chi connectivity index (χ4v) is 10.0. The van der Waals surface area contributed by atoms with Gasteiger partial charge in [0.2, 0.25) is 0 Å². The number of carbonyl (C=O) groups is 4. The molecule has 18 heteroatoms. The number of esters is 3. The van der Waals surface area contributed by atoms with Gasteiger partial charge in [0.15, 0.2) is 25.0 Å². The van der Waals surface area contributed by atoms with Gasteiger partial charge in [0.25, 0.3) is 0 Å². The van der Waals surface area contributed by atoms with E-state index >= 15 is 0 Å². The molecule has 0 aromatic rings. The first-order valence-corrected chi connectivity index (χ1v) is 24.1. The second-order valence-electron chi connectivity index (χ2n) is 19.6. The number of ether oxygens (including phenoxy) is 10. The number of carbonyl (C=O) groups excluding carboxylic acids is 4. The van der Waals surface area contributed by atoms with E-state index in [-0.39, 0.29) is 37.3 Å². The average molecular weight is 955 g/mol. The highest BCUT2D eigenvalue weighted by atomic mass is 16.7. The number of aliphatic hydroxyl groups is 2. The summed E-state index contributed by atoms with van der Waals surface area (Å²) in [5.74, 6) is -2.69. The van der Waals surface area contributed by atoms with Crippen LogP contribution in [0.4, 0.5) is 0 Å². The number of cyclic esters (lactones) is 1. The summed E-state index contributed by atoms with van der Waals surface area (Å²) in [4.78, 5) is 55.3. The van der Waals surface area contributed by atoms with Crippen LogP contribution in [0, 0.1) is 11.8 Å². The van der Waals surface area contributed by atoms with Crippen molar-refractivity contribution >= 4 is 24.2 Å². The molecule has 0 aliphatic carbocycles. The standard InChI is InChI=1S/C49H82N2O16/c1-14-18-38(54)65-47-32(6)61-41(27-49(47,8)57)66-44-31(5)62-48(43(56)42(44)51(11)12)67-45-34(23-24-52)25-28(2)36(64-40-22-21-35(50(9)10)30(4)60-40)20-17-15-16-19-29(3)59-39(55)26-37(46(45)58-13)63-33(7)53/h15-17,20,24,28-32,34-37,40-48,56-57H,14,18-19,21-23,25-27H2,1-13H3. The fourth-order valence-electron chi connectivity index (χ4n) is 10.0. The van der Waals surface area contributed by atoms with E-state index in [2.05, 4.69) is 4.90 Å². The minimum atomic E-state index is -1.50. The molecule has 19 atom stereocenters. The van der Waals surface area contributed by atoms with Crippen molar-refractivity contribution in [3.63, 3.8) is 0 Å². The third-order valence-electron chi connectivity index (χ3n) is 13.3. The van der Waals surface area contributed by atoms with Crippen LogP contribution in [0.3, 0.4) is 0 Å². The van der Waals surface area contributed by atoms with Crippen molar-refractivity contribution in [2.24, 2.45) is 11.8 Å². The van der Waals surface area contributed by atoms with Crippen molar-refractivity contribution in [2.75, 3.05) is 35.3 Å². The van der Waals surface area contributed by atoms with Gasteiger partial charge in [-0.25, -0.2) is 0 Å². The smallest absolute Gasteiger partial charge is 0.309 e. The summed E-state index contributed by atoms with van der Waals surface area (Å²) in [5.41, 5.74) is -1.50. The summed E-state index contributed by atoms with van der Waals surface area (Å²) in [6.07, 6.45) is -1.11. The Hall–Kier alpha value is -2.88. The number of hydrogen-bond acceptors (Lipinski definition) is 18. The van der Waals surface area contributed by atoms with Crippen LogP contribution >= 0.6 is 0 Å². The quantitative estimate of drug-likeness (QED) is 0.134. The van der Waals surface area contributed by atoms with E-state index in [1.807, 2.05) is 59.2 Å². The van der Waals surface area contributed by atoms with Gasteiger partial charge in [-0.3, -0.25) is 14.4 Å². The zero-order valence-electron chi connectivity index (χ0n) is 42.1. The molecule has 4 rings (SSSR count). The molecule has 384 valence electrons. The van der Waals surface area contributed by atoms with E-state index in [9.17, 15) is 29.4 Å². The molecule has 0 bridgehead atoms. The van der Waals surface area contributed by atoms with E-state index in [1.165, 1.54) is 14.0 Å². The van der Waals surface area contributed by atoms with Crippen molar-refractivity contribution < 1.29 is 76.8 Å². The van der Waals surface area contributed by atoms with E-state index in [0.717, 1.165) is 12.7 Å². The molecule has 0 amide bonds. The molecule has 3 saturated heterocycles. The maximum absolute atomic E-state index is 13.5. The lowest BCUT2D eigenvalue weighted by Crippen LogP contribution is -2.66. The summed E-state index contributed by atoms with van der Waals surface area (Å²) < 4.78 is 62.5. The van der Waals surface area contributed by atoms with E-state index < -0.39 is 122 Å². The summed E-state index contributed by atoms with van der Waals surface area (Å²) in [7, 11) is 9.01. The molecule has 3 fully saturated rings. The first-order chi connectivity index (χ1) is 31.6. The van der Waals surface area contributed by atoms with Crippen molar-refractivity contribution in [2.45, 2.75) is 217 Å². The van der Waals surface area contributed by atoms with E-state index in [4.69, 9.17) is 47.4 Å². The van der Waals surface area contributed by atoms with Crippen LogP contribution in [-0.4, -0.2) is 183 Å². The highest BCUT2D eigenvalue weighted by Crippen LogP contribution is 2.38. The maximum Gasteiger partial charge on any atom is 0.309 e. The van der Waals surface area contributed by atoms with Gasteiger partial charge >= 0.3 is 17.9 Å². The van der Waals surface area contributed by atoms with Crippen molar-refractivity contribution in [1.29, 1.82) is 0 Å². The molecule has 67 heavy (non-hydrogen) atoms. The van der Waals surface area contributed by atoms with Crippen LogP contribution in [0.1, 0.15) is 113 Å². The molecule has 0 saturated carbocycles. The van der Waals surface area contributed by atoms with Crippen LogP contribution in [0.2, 0.25) is 0 Å². The minimum Gasteiger partial charge on any atom is -0.462 e. The molecule has 0 aromatic carbocycles. The molecule has 4 heterocycles. The number of allylic oxidation sites excluding steroid dienone is 2. The minimum absolute atomic E-state index is 0.0403. The summed E-state index contributed by atoms with van der Waals surface area (Å²) in [6, 6.07) is -0.546. The monoisotopic (exact) mass is 955 g/mol. The van der Waals surface area contributed by atoms with Gasteiger partial charge in [-0.15, -0.1) is 0 Å². The number of hydrogen-bond donors (Lipinski definition) is 2. The van der Waals surface area contributed by atoms with Crippen LogP contribution in [0.25, 0.3) is 0 Å². The number of nitrogens with zero attached hydrogens (tertiary/aromatic N) is 2. The van der Waals surface area contributed by atoms with Gasteiger partial charge in [0, 0.05) is 45.8 Å². The Labute approximate surface area is 398 Å². The number of rotatable bonds is 15. The third kappa shape index (κ3) is 16.1. The molecule has 4 aliphatic rings. The van der Waals surface area contributed by atoms with Crippen LogP contribution < -0.4 is 0 Å². The highest BCUT2D eigenvalue weighted by Gasteiger charge is 2.53. The summed E-state index contributed by atoms with van der Waals surface area (Å²) in [6.45, 7) is 13.9. The second-order valence-corrected chi connectivity index (χ2v) is 19.6. The normalized spacial score (nSPS) is 40.6. The lowest BCUT2D eigenvalue weighted by Gasteiger charge is -2.50. The molecule has 18 nitrogen and oxygen atoms in total. The Bertz CT molecular complexity index is 1630. The van der Waals surface area contributed by atoms with Crippen LogP contribution in [0.15, 0.2) is 24.3 Å². The molecule has 19 unspecified atom stereocenters. The average Bonchev–Trinajstić information content (AvgIpc) is 3.22. The molecule has 0 aromatic heterocycles. The van der Waals surface area contributed by atoms with Gasteiger partial charge in [-0.2, -0.15) is 0 Å². The molecule has 0 radical (unpaired) electrons. The lowest BCUT2D eigenvalue weighted by atomic mass is 9.82. The van der Waals surface area contributed by atoms with Gasteiger partial charge in [-0.1, -0.05) is 38.2 Å². The van der Waals surface area contributed by atoms with Crippen molar-refractivity contribution in [3.8, 4) is 0 Å². The lowest BCUT2D eigenvalue weighted by molar-refractivity contribution is -0.344. The molecule has 2 N–H and O–H groups in total.